The van der Waals surface area contributed by atoms with E-state index in [0.29, 0.717) is 40.3 Å². The van der Waals surface area contributed by atoms with Gasteiger partial charge in [-0.3, -0.25) is 10.1 Å². The van der Waals surface area contributed by atoms with Gasteiger partial charge in [0.2, 0.25) is 0 Å². The molecule has 0 radical (unpaired) electrons. The van der Waals surface area contributed by atoms with E-state index in [2.05, 4.69) is 10.6 Å². The van der Waals surface area contributed by atoms with Gasteiger partial charge in [-0.15, -0.1) is 0 Å². The van der Waals surface area contributed by atoms with Crippen molar-refractivity contribution >= 4 is 29.1 Å². The summed E-state index contributed by atoms with van der Waals surface area (Å²) in [6.07, 6.45) is -0.579. The highest BCUT2D eigenvalue weighted by molar-refractivity contribution is 6.06. The number of likely N-dealkylation sites (N-methyl/N-ethyl adjacent to an activating group) is 1. The van der Waals surface area contributed by atoms with Gasteiger partial charge in [0.1, 0.15) is 6.61 Å². The predicted octanol–water partition coefficient (Wildman–Crippen LogP) is 4.14. The molecule has 3 aromatic rings. The molecule has 0 saturated heterocycles. The molecule has 0 aliphatic heterocycles. The van der Waals surface area contributed by atoms with E-state index < -0.39 is 23.6 Å². The SMILES string of the molecule is CN(C)CCOC(=O)Nc1ccc(C(=O)Nc2cc(-c3ccc(O)c(F)c3)ccc2N)cc1. The van der Waals surface area contributed by atoms with Crippen LogP contribution in [0.3, 0.4) is 0 Å². The maximum absolute atomic E-state index is 13.7. The summed E-state index contributed by atoms with van der Waals surface area (Å²) in [6, 6.07) is 15.2. The number of hydrogen-bond acceptors (Lipinski definition) is 6. The fourth-order valence-corrected chi connectivity index (χ4v) is 2.90. The first-order valence-corrected chi connectivity index (χ1v) is 10.1. The van der Waals surface area contributed by atoms with Gasteiger partial charge < -0.3 is 25.8 Å². The molecule has 5 N–H and O–H groups in total. The summed E-state index contributed by atoms with van der Waals surface area (Å²) in [7, 11) is 3.75. The lowest BCUT2D eigenvalue weighted by molar-refractivity contribution is 0.102. The summed E-state index contributed by atoms with van der Waals surface area (Å²) in [5.41, 5.74) is 8.66. The van der Waals surface area contributed by atoms with Crippen LogP contribution in [0.25, 0.3) is 11.1 Å². The molecular weight excluding hydrogens is 427 g/mol. The van der Waals surface area contributed by atoms with Gasteiger partial charge in [-0.25, -0.2) is 9.18 Å². The van der Waals surface area contributed by atoms with E-state index in [1.165, 1.54) is 12.1 Å². The van der Waals surface area contributed by atoms with E-state index in [1.54, 1.807) is 48.5 Å². The number of phenols is 1. The molecule has 0 unspecified atom stereocenters. The average Bonchev–Trinajstić information content (AvgIpc) is 2.77. The first-order valence-electron chi connectivity index (χ1n) is 10.1. The van der Waals surface area contributed by atoms with Gasteiger partial charge in [0.15, 0.2) is 11.6 Å². The summed E-state index contributed by atoms with van der Waals surface area (Å²) in [5, 5.41) is 14.7. The molecule has 3 aromatic carbocycles. The van der Waals surface area contributed by atoms with E-state index >= 15 is 0 Å². The standard InChI is InChI=1S/C24H25FN4O4/c1-29(2)11-12-33-24(32)27-18-7-3-15(4-8-18)23(31)28-21-14-17(5-9-20(21)26)16-6-10-22(30)19(25)13-16/h3-10,13-14,30H,11-12,26H2,1-2H3,(H,27,32)(H,28,31). The third-order valence-corrected chi connectivity index (χ3v) is 4.75. The summed E-state index contributed by atoms with van der Waals surface area (Å²) in [6.45, 7) is 0.870. The Morgan fingerprint density at radius 3 is 2.33 bits per heavy atom. The number of carbonyl (C=O) groups excluding carboxylic acids is 2. The minimum Gasteiger partial charge on any atom is -0.505 e. The molecule has 0 aliphatic carbocycles. The van der Waals surface area contributed by atoms with Crippen molar-refractivity contribution in [3.05, 3.63) is 72.0 Å². The van der Waals surface area contributed by atoms with Crippen LogP contribution in [0.2, 0.25) is 0 Å². The van der Waals surface area contributed by atoms with E-state index in [-0.39, 0.29) is 6.61 Å². The van der Waals surface area contributed by atoms with Crippen LogP contribution in [0.1, 0.15) is 10.4 Å². The zero-order chi connectivity index (χ0) is 24.0. The number of nitrogens with two attached hydrogens (primary N) is 1. The van der Waals surface area contributed by atoms with Crippen molar-refractivity contribution in [2.24, 2.45) is 0 Å². The monoisotopic (exact) mass is 452 g/mol. The summed E-state index contributed by atoms with van der Waals surface area (Å²) in [4.78, 5) is 26.4. The van der Waals surface area contributed by atoms with E-state index in [0.717, 1.165) is 0 Å². The fraction of sp³-hybridized carbons (Fsp3) is 0.167. The van der Waals surface area contributed by atoms with Gasteiger partial charge >= 0.3 is 6.09 Å². The van der Waals surface area contributed by atoms with Crippen molar-refractivity contribution < 1.29 is 23.8 Å². The molecule has 0 saturated carbocycles. The van der Waals surface area contributed by atoms with Gasteiger partial charge in [-0.2, -0.15) is 0 Å². The molecule has 0 fully saturated rings. The van der Waals surface area contributed by atoms with E-state index in [9.17, 15) is 19.1 Å². The highest BCUT2D eigenvalue weighted by atomic mass is 19.1. The van der Waals surface area contributed by atoms with Crippen molar-refractivity contribution in [3.8, 4) is 16.9 Å². The number of hydrogen-bond donors (Lipinski definition) is 4. The van der Waals surface area contributed by atoms with Crippen LogP contribution in [0.15, 0.2) is 60.7 Å². The number of nitrogens with one attached hydrogen (secondary N) is 2. The number of rotatable bonds is 7. The molecule has 8 nitrogen and oxygen atoms in total. The van der Waals surface area contributed by atoms with Gasteiger partial charge in [0.05, 0.1) is 11.4 Å². The van der Waals surface area contributed by atoms with E-state index in [1.807, 2.05) is 19.0 Å². The second-order valence-corrected chi connectivity index (χ2v) is 7.56. The molecule has 0 heterocycles. The molecule has 0 aliphatic rings. The minimum absolute atomic E-state index is 0.261. The molecule has 0 aromatic heterocycles. The van der Waals surface area contributed by atoms with Crippen LogP contribution in [-0.4, -0.2) is 49.3 Å². The largest absolute Gasteiger partial charge is 0.505 e. The van der Waals surface area contributed by atoms with Gasteiger partial charge in [0, 0.05) is 17.8 Å². The quantitative estimate of drug-likeness (QED) is 0.400. The van der Waals surface area contributed by atoms with Crippen LogP contribution in [0, 0.1) is 5.82 Å². The Morgan fingerprint density at radius 2 is 1.67 bits per heavy atom. The first kappa shape index (κ1) is 23.6. The lowest BCUT2D eigenvalue weighted by Gasteiger charge is -2.12. The van der Waals surface area contributed by atoms with Crippen LogP contribution in [0.4, 0.5) is 26.2 Å². The topological polar surface area (TPSA) is 117 Å². The number of phenolic OH excluding ortho intramolecular Hbond substituents is 1. The summed E-state index contributed by atoms with van der Waals surface area (Å²) < 4.78 is 18.8. The molecule has 9 heteroatoms. The first-order chi connectivity index (χ1) is 15.7. The van der Waals surface area contributed by atoms with Crippen molar-refractivity contribution in [3.63, 3.8) is 0 Å². The number of aromatic hydroxyl groups is 1. The number of carbonyl (C=O) groups is 2. The fourth-order valence-electron chi connectivity index (χ4n) is 2.90. The molecule has 0 bridgehead atoms. The molecule has 3 rings (SSSR count). The van der Waals surface area contributed by atoms with Crippen molar-refractivity contribution in [2.75, 3.05) is 43.6 Å². The number of ether oxygens (including phenoxy) is 1. The van der Waals surface area contributed by atoms with Crippen molar-refractivity contribution in [1.29, 1.82) is 0 Å². The number of halogens is 1. The second kappa shape index (κ2) is 10.5. The molecular formula is C24H25FN4O4. The number of amides is 2. The van der Waals surface area contributed by atoms with Crippen molar-refractivity contribution in [2.45, 2.75) is 0 Å². The third kappa shape index (κ3) is 6.44. The number of nitrogen functional groups attached to an aromatic ring is 1. The van der Waals surface area contributed by atoms with Crippen LogP contribution in [0.5, 0.6) is 5.75 Å². The minimum atomic E-state index is -0.745. The highest BCUT2D eigenvalue weighted by Gasteiger charge is 2.12. The summed E-state index contributed by atoms with van der Waals surface area (Å²) >= 11 is 0. The zero-order valence-electron chi connectivity index (χ0n) is 18.3. The molecule has 0 atom stereocenters. The highest BCUT2D eigenvalue weighted by Crippen LogP contribution is 2.30. The Kier molecular flexibility index (Phi) is 7.47. The van der Waals surface area contributed by atoms with Crippen LogP contribution < -0.4 is 16.4 Å². The van der Waals surface area contributed by atoms with Crippen molar-refractivity contribution in [1.82, 2.24) is 4.90 Å². The lowest BCUT2D eigenvalue weighted by Crippen LogP contribution is -2.22. The Morgan fingerprint density at radius 1 is 1.00 bits per heavy atom. The zero-order valence-corrected chi connectivity index (χ0v) is 18.3. The van der Waals surface area contributed by atoms with Gasteiger partial charge in [0.25, 0.3) is 5.91 Å². The predicted molar refractivity (Wildman–Crippen MR) is 126 cm³/mol. The maximum Gasteiger partial charge on any atom is 0.411 e. The third-order valence-electron chi connectivity index (χ3n) is 4.75. The lowest BCUT2D eigenvalue weighted by atomic mass is 10.0. The van der Waals surface area contributed by atoms with Gasteiger partial charge in [-0.1, -0.05) is 12.1 Å². The molecule has 2 amide bonds. The Bertz CT molecular complexity index is 1150. The Labute approximate surface area is 190 Å². The molecule has 0 spiro atoms. The van der Waals surface area contributed by atoms with Crippen LogP contribution >= 0.6 is 0 Å². The Balaban J connectivity index is 1.66. The maximum atomic E-state index is 13.7. The van der Waals surface area contributed by atoms with Crippen LogP contribution in [-0.2, 0) is 4.74 Å². The average molecular weight is 452 g/mol. The van der Waals surface area contributed by atoms with Gasteiger partial charge in [-0.05, 0) is 73.8 Å². The normalized spacial score (nSPS) is 10.7. The second-order valence-electron chi connectivity index (χ2n) is 7.56. The number of nitrogens with zero attached hydrogens (tertiary/aromatic N) is 1. The van der Waals surface area contributed by atoms with E-state index in [4.69, 9.17) is 10.5 Å². The Hall–Kier alpha value is -4.11. The smallest absolute Gasteiger partial charge is 0.411 e. The number of benzene rings is 3. The molecule has 33 heavy (non-hydrogen) atoms. The number of anilines is 3. The molecule has 172 valence electrons. The summed E-state index contributed by atoms with van der Waals surface area (Å²) in [5.74, 6) is -1.59.